The maximum Gasteiger partial charge on any atom is 0.156 e. The molecule has 0 aromatic carbocycles. The number of halogens is 1. The highest BCUT2D eigenvalue weighted by molar-refractivity contribution is 6.30. The number of aliphatic hydroxyl groups is 2. The third-order valence-corrected chi connectivity index (χ3v) is 4.05. The zero-order valence-corrected chi connectivity index (χ0v) is 12.7. The molecule has 1 fully saturated rings. The highest BCUT2D eigenvalue weighted by Gasteiger charge is 2.33. The molecule has 22 heavy (non-hydrogen) atoms. The largest absolute Gasteiger partial charge is 0.391 e. The molecule has 1 unspecified atom stereocenters. The molecule has 1 aliphatic rings. The highest BCUT2D eigenvalue weighted by atomic mass is 35.5. The number of anilines is 1. The lowest BCUT2D eigenvalue weighted by Crippen LogP contribution is -2.28. The fourth-order valence-electron chi connectivity index (χ4n) is 2.87. The van der Waals surface area contributed by atoms with Crippen LogP contribution in [0, 0.1) is 5.92 Å². The van der Waals surface area contributed by atoms with E-state index in [1.54, 1.807) is 29.3 Å². The quantitative estimate of drug-likeness (QED) is 0.761. The number of hydrogen-bond acceptors (Lipinski definition) is 6. The summed E-state index contributed by atoms with van der Waals surface area (Å²) in [7, 11) is 0. The first-order valence-corrected chi connectivity index (χ1v) is 7.57. The van der Waals surface area contributed by atoms with Crippen LogP contribution in [0.3, 0.4) is 0 Å². The number of nitrogens with one attached hydrogen (secondary N) is 1. The molecular formula is C14H18ClN5O2. The van der Waals surface area contributed by atoms with Crippen LogP contribution in [0.25, 0.3) is 0 Å². The van der Waals surface area contributed by atoms with Crippen LogP contribution in [-0.4, -0.2) is 42.1 Å². The van der Waals surface area contributed by atoms with Crippen molar-refractivity contribution in [3.63, 3.8) is 0 Å². The van der Waals surface area contributed by atoms with Crippen LogP contribution in [0.2, 0.25) is 5.02 Å². The van der Waals surface area contributed by atoms with Crippen molar-refractivity contribution in [2.24, 2.45) is 5.92 Å². The first-order valence-electron chi connectivity index (χ1n) is 7.19. The van der Waals surface area contributed by atoms with Gasteiger partial charge in [0.1, 0.15) is 12.4 Å². The van der Waals surface area contributed by atoms with Crippen molar-refractivity contribution in [2.45, 2.75) is 38.1 Å². The summed E-state index contributed by atoms with van der Waals surface area (Å²) < 4.78 is 1.80. The minimum Gasteiger partial charge on any atom is -0.391 e. The molecule has 2 aromatic heterocycles. The topological polar surface area (TPSA) is 96.1 Å². The number of rotatable bonds is 5. The molecule has 0 bridgehead atoms. The van der Waals surface area contributed by atoms with Gasteiger partial charge in [-0.1, -0.05) is 11.6 Å². The molecule has 0 spiro atoms. The van der Waals surface area contributed by atoms with Gasteiger partial charge >= 0.3 is 0 Å². The van der Waals surface area contributed by atoms with Gasteiger partial charge in [-0.25, -0.2) is 9.97 Å². The van der Waals surface area contributed by atoms with Crippen molar-refractivity contribution in [1.82, 2.24) is 19.7 Å². The predicted octanol–water partition coefficient (Wildman–Crippen LogP) is 1.07. The number of nitrogens with zero attached hydrogens (tertiary/aromatic N) is 4. The second-order valence-corrected chi connectivity index (χ2v) is 5.99. The zero-order chi connectivity index (χ0) is 15.5. The summed E-state index contributed by atoms with van der Waals surface area (Å²) in [6.45, 7) is 0.527. The summed E-state index contributed by atoms with van der Waals surface area (Å²) in [5.74, 6) is 1.30. The van der Waals surface area contributed by atoms with E-state index in [9.17, 15) is 5.11 Å². The fraction of sp³-hybridized carbons (Fsp3) is 0.500. The van der Waals surface area contributed by atoms with Gasteiger partial charge in [-0.15, -0.1) is 0 Å². The van der Waals surface area contributed by atoms with Gasteiger partial charge in [0.25, 0.3) is 0 Å². The van der Waals surface area contributed by atoms with Crippen molar-refractivity contribution in [2.75, 3.05) is 5.32 Å². The van der Waals surface area contributed by atoms with E-state index in [4.69, 9.17) is 16.7 Å². The SMILES string of the molecule is OCc1nccc(N[C@@H]2CC(Cn3cc(Cl)cn3)C[C@H]2O)n1. The molecule has 0 amide bonds. The van der Waals surface area contributed by atoms with E-state index in [1.165, 1.54) is 0 Å². The van der Waals surface area contributed by atoms with E-state index in [0.29, 0.717) is 29.0 Å². The molecule has 0 radical (unpaired) electrons. The summed E-state index contributed by atoms with van der Waals surface area (Å²) in [5, 5.41) is 27.3. The van der Waals surface area contributed by atoms with Gasteiger partial charge < -0.3 is 15.5 Å². The van der Waals surface area contributed by atoms with Crippen LogP contribution in [-0.2, 0) is 13.2 Å². The standard InChI is InChI=1S/C14H18ClN5O2/c15-10-5-17-20(7-10)6-9-3-11(12(22)4-9)18-13-1-2-16-14(8-21)19-13/h1-2,5,7,9,11-12,21-22H,3-4,6,8H2,(H,16,18,19)/t9?,11-,12-/m1/s1. The van der Waals surface area contributed by atoms with Gasteiger partial charge in [0.15, 0.2) is 5.82 Å². The van der Waals surface area contributed by atoms with Gasteiger partial charge in [-0.2, -0.15) is 5.10 Å². The molecule has 3 atom stereocenters. The van der Waals surface area contributed by atoms with Crippen molar-refractivity contribution >= 4 is 17.4 Å². The zero-order valence-electron chi connectivity index (χ0n) is 11.9. The molecule has 3 N–H and O–H groups in total. The molecule has 8 heteroatoms. The Labute approximate surface area is 133 Å². The van der Waals surface area contributed by atoms with Gasteiger partial charge in [-0.05, 0) is 24.8 Å². The monoisotopic (exact) mass is 323 g/mol. The summed E-state index contributed by atoms with van der Waals surface area (Å²) in [4.78, 5) is 8.12. The Hall–Kier alpha value is -1.70. The lowest BCUT2D eigenvalue weighted by atomic mass is 10.1. The summed E-state index contributed by atoms with van der Waals surface area (Å²) in [5.41, 5.74) is 0. The summed E-state index contributed by atoms with van der Waals surface area (Å²) in [6, 6.07) is 1.66. The summed E-state index contributed by atoms with van der Waals surface area (Å²) in [6.07, 6.45) is 6.06. The molecule has 1 saturated carbocycles. The van der Waals surface area contributed by atoms with E-state index in [-0.39, 0.29) is 12.6 Å². The minimum absolute atomic E-state index is 0.0718. The van der Waals surface area contributed by atoms with Gasteiger partial charge in [0.2, 0.25) is 0 Å². The molecule has 0 aliphatic heterocycles. The molecule has 1 aliphatic carbocycles. The maximum atomic E-state index is 10.2. The Morgan fingerprint density at radius 2 is 2.27 bits per heavy atom. The number of aliphatic hydroxyl groups excluding tert-OH is 2. The van der Waals surface area contributed by atoms with E-state index in [0.717, 1.165) is 13.0 Å². The lowest BCUT2D eigenvalue weighted by molar-refractivity contribution is 0.165. The van der Waals surface area contributed by atoms with E-state index in [2.05, 4.69) is 20.4 Å². The molecular weight excluding hydrogens is 306 g/mol. The first-order chi connectivity index (χ1) is 10.6. The van der Waals surface area contributed by atoms with E-state index >= 15 is 0 Å². The minimum atomic E-state index is -0.441. The Bertz CT molecular complexity index is 635. The Morgan fingerprint density at radius 1 is 1.41 bits per heavy atom. The Morgan fingerprint density at radius 3 is 3.00 bits per heavy atom. The lowest BCUT2D eigenvalue weighted by Gasteiger charge is -2.17. The first kappa shape index (κ1) is 15.2. The second-order valence-electron chi connectivity index (χ2n) is 5.55. The van der Waals surface area contributed by atoms with Crippen molar-refractivity contribution in [3.8, 4) is 0 Å². The van der Waals surface area contributed by atoms with Crippen molar-refractivity contribution in [1.29, 1.82) is 0 Å². The Kier molecular flexibility index (Phi) is 4.56. The predicted molar refractivity (Wildman–Crippen MR) is 81.3 cm³/mol. The van der Waals surface area contributed by atoms with Gasteiger partial charge in [0, 0.05) is 18.9 Å². The number of hydrogen-bond donors (Lipinski definition) is 3. The third-order valence-electron chi connectivity index (χ3n) is 3.85. The van der Waals surface area contributed by atoms with Crippen LogP contribution in [0.15, 0.2) is 24.7 Å². The van der Waals surface area contributed by atoms with Crippen LogP contribution >= 0.6 is 11.6 Å². The highest BCUT2D eigenvalue weighted by Crippen LogP contribution is 2.29. The average molecular weight is 324 g/mol. The van der Waals surface area contributed by atoms with E-state index in [1.807, 2.05) is 0 Å². The van der Waals surface area contributed by atoms with Crippen molar-refractivity contribution < 1.29 is 10.2 Å². The van der Waals surface area contributed by atoms with E-state index < -0.39 is 6.10 Å². The number of aromatic nitrogens is 4. The van der Waals surface area contributed by atoms with Crippen LogP contribution in [0.1, 0.15) is 18.7 Å². The molecule has 2 aromatic rings. The molecule has 0 saturated heterocycles. The van der Waals surface area contributed by atoms with Crippen LogP contribution < -0.4 is 5.32 Å². The fourth-order valence-corrected chi connectivity index (χ4v) is 3.03. The smallest absolute Gasteiger partial charge is 0.156 e. The van der Waals surface area contributed by atoms with Crippen LogP contribution in [0.4, 0.5) is 5.82 Å². The van der Waals surface area contributed by atoms with Gasteiger partial charge in [0.05, 0.1) is 23.4 Å². The molecule has 118 valence electrons. The molecule has 7 nitrogen and oxygen atoms in total. The van der Waals surface area contributed by atoms with Gasteiger partial charge in [-0.3, -0.25) is 4.68 Å². The second kappa shape index (κ2) is 6.60. The summed E-state index contributed by atoms with van der Waals surface area (Å²) >= 11 is 5.86. The Balaban J connectivity index is 1.60. The molecule has 3 rings (SSSR count). The normalized spacial score (nSPS) is 24.6. The average Bonchev–Trinajstić information content (AvgIpc) is 3.06. The van der Waals surface area contributed by atoms with Crippen molar-refractivity contribution in [3.05, 3.63) is 35.5 Å². The molecule has 2 heterocycles. The van der Waals surface area contributed by atoms with Crippen LogP contribution in [0.5, 0.6) is 0 Å². The maximum absolute atomic E-state index is 10.2. The third kappa shape index (κ3) is 3.55.